The molecule has 4 nitrogen and oxygen atoms in total. The van der Waals surface area contributed by atoms with E-state index < -0.39 is 0 Å². The molecule has 0 spiro atoms. The number of amidine groups is 1. The quantitative estimate of drug-likeness (QED) is 0.623. The molecule has 4 heteroatoms. The van der Waals surface area contributed by atoms with Gasteiger partial charge in [-0.3, -0.25) is 0 Å². The van der Waals surface area contributed by atoms with Gasteiger partial charge in [0.05, 0.1) is 25.6 Å². The lowest BCUT2D eigenvalue weighted by Crippen LogP contribution is -2.45. The van der Waals surface area contributed by atoms with E-state index in [2.05, 4.69) is 59.7 Å². The summed E-state index contributed by atoms with van der Waals surface area (Å²) in [5, 5.41) is 2.41. The third kappa shape index (κ3) is 2.48. The second kappa shape index (κ2) is 6.41. The van der Waals surface area contributed by atoms with Crippen LogP contribution in [-0.2, 0) is 9.53 Å². The van der Waals surface area contributed by atoms with Crippen molar-refractivity contribution in [2.24, 2.45) is 0 Å². The highest BCUT2D eigenvalue weighted by molar-refractivity contribution is 6.40. The van der Waals surface area contributed by atoms with E-state index in [4.69, 9.17) is 4.74 Å². The number of esters is 1. The monoisotopic (exact) mass is 311 g/mol. The Morgan fingerprint density at radius 1 is 1.13 bits per heavy atom. The van der Waals surface area contributed by atoms with Gasteiger partial charge in [0, 0.05) is 0 Å². The molecule has 0 radical (unpaired) electrons. The summed E-state index contributed by atoms with van der Waals surface area (Å²) in [7, 11) is 1.45. The van der Waals surface area contributed by atoms with Crippen LogP contribution in [0.15, 0.2) is 36.4 Å². The van der Waals surface area contributed by atoms with Crippen molar-refractivity contribution in [1.82, 2.24) is 0 Å². The second-order valence-corrected chi connectivity index (χ2v) is 5.77. The van der Waals surface area contributed by atoms with Crippen molar-refractivity contribution in [3.63, 3.8) is 0 Å². The fraction of sp³-hybridized carbons (Fsp3) is 0.368. The average Bonchev–Trinajstić information content (AvgIpc) is 2.58. The largest absolute Gasteiger partial charge is 0.460 e. The highest BCUT2D eigenvalue weighted by Gasteiger charge is 2.38. The molecule has 120 valence electrons. The average molecular weight is 311 g/mol. The number of carbonyl (C=O) groups is 1. The van der Waals surface area contributed by atoms with E-state index in [1.54, 1.807) is 0 Å². The molecule has 1 aliphatic heterocycles. The molecule has 0 saturated heterocycles. The summed E-state index contributed by atoms with van der Waals surface area (Å²) >= 11 is 0. The van der Waals surface area contributed by atoms with E-state index in [1.165, 1.54) is 17.9 Å². The Morgan fingerprint density at radius 2 is 1.87 bits per heavy atom. The van der Waals surface area contributed by atoms with E-state index in [0.29, 0.717) is 5.84 Å². The molecule has 0 saturated carbocycles. The van der Waals surface area contributed by atoms with E-state index in [0.717, 1.165) is 37.3 Å². The first kappa shape index (κ1) is 15.5. The number of ether oxygens (including phenoxy) is 1. The van der Waals surface area contributed by atoms with Crippen molar-refractivity contribution in [2.45, 2.75) is 26.7 Å². The van der Waals surface area contributed by atoms with Crippen LogP contribution in [0.25, 0.3) is 10.8 Å². The molecule has 3 rings (SSSR count). The third-order valence-electron chi connectivity index (χ3n) is 4.22. The Labute approximate surface area is 137 Å². The van der Waals surface area contributed by atoms with Crippen LogP contribution < -0.4 is 4.90 Å². The maximum absolute atomic E-state index is 12.5. The van der Waals surface area contributed by atoms with Crippen molar-refractivity contribution in [1.29, 1.82) is 0 Å². The first-order valence-electron chi connectivity index (χ1n) is 8.25. The van der Waals surface area contributed by atoms with Crippen molar-refractivity contribution >= 4 is 34.0 Å². The first-order valence-corrected chi connectivity index (χ1v) is 8.25. The van der Waals surface area contributed by atoms with Gasteiger partial charge in [-0.15, -0.1) is 0 Å². The Hall–Kier alpha value is -2.36. The Bertz CT molecular complexity index is 775. The van der Waals surface area contributed by atoms with Crippen LogP contribution in [0.4, 0.5) is 11.4 Å². The van der Waals surface area contributed by atoms with Crippen molar-refractivity contribution in [2.75, 3.05) is 25.1 Å². The molecular weight excluding hydrogens is 288 g/mol. The number of benzene rings is 2. The molecule has 0 N–H and O–H groups in total. The minimum absolute atomic E-state index is 0.279. The number of carbonyl (C=O) groups excluding carboxylic acids is 1. The lowest BCUT2D eigenvalue weighted by molar-refractivity contribution is -0.440. The fourth-order valence-corrected chi connectivity index (χ4v) is 3.34. The van der Waals surface area contributed by atoms with Crippen LogP contribution in [0.3, 0.4) is 0 Å². The number of nitrogens with zero attached hydrogens (tertiary/aromatic N) is 2. The van der Waals surface area contributed by atoms with Gasteiger partial charge in [-0.25, -0.2) is 14.3 Å². The number of rotatable bonds is 5. The Kier molecular flexibility index (Phi) is 4.33. The predicted octanol–water partition coefficient (Wildman–Crippen LogP) is 3.70. The fourth-order valence-electron chi connectivity index (χ4n) is 3.34. The zero-order valence-electron chi connectivity index (χ0n) is 14.0. The molecule has 0 aliphatic carbocycles. The van der Waals surface area contributed by atoms with Crippen molar-refractivity contribution < 1.29 is 14.1 Å². The van der Waals surface area contributed by atoms with Crippen LogP contribution in [0, 0.1) is 0 Å². The molecule has 1 heterocycles. The van der Waals surface area contributed by atoms with Gasteiger partial charge in [0.1, 0.15) is 11.4 Å². The Morgan fingerprint density at radius 3 is 2.52 bits per heavy atom. The molecule has 0 unspecified atom stereocenters. The third-order valence-corrected chi connectivity index (χ3v) is 4.22. The minimum Gasteiger partial charge on any atom is -0.460 e. The van der Waals surface area contributed by atoms with Gasteiger partial charge in [0.2, 0.25) is 0 Å². The topological polar surface area (TPSA) is 32.6 Å². The molecule has 23 heavy (non-hydrogen) atoms. The molecule has 0 atom stereocenters. The number of anilines is 1. The maximum atomic E-state index is 12.5. The van der Waals surface area contributed by atoms with Gasteiger partial charge >= 0.3 is 11.8 Å². The highest BCUT2D eigenvalue weighted by Crippen LogP contribution is 2.38. The van der Waals surface area contributed by atoms with Crippen molar-refractivity contribution in [3.8, 4) is 0 Å². The smallest absolute Gasteiger partial charge is 0.421 e. The van der Waals surface area contributed by atoms with Crippen LogP contribution in [-0.4, -0.2) is 36.6 Å². The molecule has 0 bridgehead atoms. The van der Waals surface area contributed by atoms with Gasteiger partial charge in [-0.05, 0) is 30.4 Å². The van der Waals surface area contributed by atoms with E-state index in [9.17, 15) is 4.79 Å². The summed E-state index contributed by atoms with van der Waals surface area (Å²) in [6.07, 6.45) is 1.91. The standard InChI is InChI=1S/C19H23N2O2/c1-4-12-20-15-10-6-8-14-9-7-11-16(17(14)15)21(13-5-2)18(20)19(22)23-3/h6-11H,4-5,12-13H2,1-3H3/q+1. The lowest BCUT2D eigenvalue weighted by atomic mass is 10.0. The normalized spacial score (nSPS) is 13.6. The summed E-state index contributed by atoms with van der Waals surface area (Å²) in [5.74, 6) is 0.348. The molecular formula is C19H23N2O2+. The van der Waals surface area contributed by atoms with Crippen LogP contribution in [0.2, 0.25) is 0 Å². The molecule has 1 aliphatic rings. The van der Waals surface area contributed by atoms with Gasteiger partial charge in [-0.2, -0.15) is 0 Å². The van der Waals surface area contributed by atoms with Gasteiger partial charge in [-0.1, -0.05) is 38.1 Å². The van der Waals surface area contributed by atoms with Gasteiger partial charge < -0.3 is 4.74 Å². The van der Waals surface area contributed by atoms with Crippen LogP contribution in [0.5, 0.6) is 0 Å². The molecule has 2 aromatic rings. The Balaban J connectivity index is 2.36. The van der Waals surface area contributed by atoms with Crippen molar-refractivity contribution in [3.05, 3.63) is 36.4 Å². The molecule has 0 fully saturated rings. The zero-order valence-corrected chi connectivity index (χ0v) is 14.0. The summed E-state index contributed by atoms with van der Waals surface area (Å²) in [4.78, 5) is 14.6. The summed E-state index contributed by atoms with van der Waals surface area (Å²) in [6.45, 7) is 5.83. The lowest BCUT2D eigenvalue weighted by Gasteiger charge is -2.27. The predicted molar refractivity (Wildman–Crippen MR) is 93.7 cm³/mol. The first-order chi connectivity index (χ1) is 11.2. The molecule has 2 aromatic carbocycles. The number of methoxy groups -OCH3 is 1. The molecule has 0 aromatic heterocycles. The summed E-state index contributed by atoms with van der Waals surface area (Å²) < 4.78 is 7.20. The SMILES string of the molecule is CCCN1C(C(=O)OC)=[N+](CCC)c2cccc3cccc1c23. The second-order valence-electron chi connectivity index (χ2n) is 5.77. The van der Waals surface area contributed by atoms with E-state index >= 15 is 0 Å². The van der Waals surface area contributed by atoms with Crippen LogP contribution in [0.1, 0.15) is 26.7 Å². The van der Waals surface area contributed by atoms with Gasteiger partial charge in [0.25, 0.3) is 0 Å². The molecule has 0 amide bonds. The summed E-state index contributed by atoms with van der Waals surface area (Å²) in [6, 6.07) is 12.5. The number of hydrogen-bond acceptors (Lipinski definition) is 3. The maximum Gasteiger partial charge on any atom is 0.421 e. The van der Waals surface area contributed by atoms with E-state index in [-0.39, 0.29) is 5.97 Å². The number of hydrogen-bond donors (Lipinski definition) is 0. The zero-order chi connectivity index (χ0) is 16.4. The summed E-state index contributed by atoms with van der Waals surface area (Å²) in [5.41, 5.74) is 2.18. The van der Waals surface area contributed by atoms with E-state index in [1.807, 2.05) is 0 Å². The van der Waals surface area contributed by atoms with Gasteiger partial charge in [0.15, 0.2) is 0 Å². The highest BCUT2D eigenvalue weighted by atomic mass is 16.5. The van der Waals surface area contributed by atoms with Crippen LogP contribution >= 0.6 is 0 Å². The minimum atomic E-state index is -0.279.